The molecule has 2 nitrogen and oxygen atoms in total. The van der Waals surface area contributed by atoms with E-state index in [-0.39, 0.29) is 5.78 Å². The first-order valence-electron chi connectivity index (χ1n) is 5.77. The molecule has 0 N–H and O–H groups in total. The van der Waals surface area contributed by atoms with Gasteiger partial charge < -0.3 is 0 Å². The fourth-order valence-electron chi connectivity index (χ4n) is 1.69. The van der Waals surface area contributed by atoms with E-state index in [1.165, 1.54) is 0 Å². The Balaban J connectivity index is 2.16. The predicted octanol–water partition coefficient (Wildman–Crippen LogP) is 3.89. The second-order valence-electron chi connectivity index (χ2n) is 4.39. The van der Waals surface area contributed by atoms with Crippen LogP contribution in [0.25, 0.3) is 0 Å². The second-order valence-corrected chi connectivity index (χ2v) is 5.25. The summed E-state index contributed by atoms with van der Waals surface area (Å²) < 4.78 is 1.02. The quantitative estimate of drug-likeness (QED) is 0.805. The SMILES string of the molecule is Cc1ccc(CC(=O)c2ccc(Br)c(C)c2)nc1. The first kappa shape index (κ1) is 13.0. The lowest BCUT2D eigenvalue weighted by Crippen LogP contribution is -2.05. The number of ketones is 1. The number of rotatable bonds is 3. The van der Waals surface area contributed by atoms with E-state index >= 15 is 0 Å². The molecule has 0 amide bonds. The van der Waals surface area contributed by atoms with Crippen molar-refractivity contribution in [3.63, 3.8) is 0 Å². The van der Waals surface area contributed by atoms with Gasteiger partial charge >= 0.3 is 0 Å². The van der Waals surface area contributed by atoms with E-state index in [0.29, 0.717) is 6.42 Å². The number of benzene rings is 1. The van der Waals surface area contributed by atoms with Crippen LogP contribution in [0.1, 0.15) is 27.2 Å². The molecule has 0 saturated heterocycles. The van der Waals surface area contributed by atoms with Crippen LogP contribution in [-0.4, -0.2) is 10.8 Å². The summed E-state index contributed by atoms with van der Waals surface area (Å²) in [6.45, 7) is 3.96. The van der Waals surface area contributed by atoms with Gasteiger partial charge in [0.05, 0.1) is 6.42 Å². The maximum absolute atomic E-state index is 12.1. The first-order chi connectivity index (χ1) is 8.56. The average Bonchev–Trinajstić information content (AvgIpc) is 2.35. The Morgan fingerprint density at radius 2 is 2.00 bits per heavy atom. The molecular weight excluding hydrogens is 290 g/mol. The van der Waals surface area contributed by atoms with Crippen molar-refractivity contribution in [2.45, 2.75) is 20.3 Å². The number of aryl methyl sites for hydroxylation is 2. The molecule has 2 aromatic rings. The molecule has 0 radical (unpaired) electrons. The Bertz CT molecular complexity index is 576. The number of hydrogen-bond acceptors (Lipinski definition) is 2. The number of pyridine rings is 1. The summed E-state index contributed by atoms with van der Waals surface area (Å²) in [7, 11) is 0. The largest absolute Gasteiger partial charge is 0.294 e. The van der Waals surface area contributed by atoms with E-state index in [2.05, 4.69) is 20.9 Å². The highest BCUT2D eigenvalue weighted by Gasteiger charge is 2.09. The zero-order valence-corrected chi connectivity index (χ0v) is 12.0. The summed E-state index contributed by atoms with van der Waals surface area (Å²) in [5, 5.41) is 0. The van der Waals surface area contributed by atoms with Gasteiger partial charge in [0, 0.05) is 21.9 Å². The van der Waals surface area contributed by atoms with E-state index in [1.54, 1.807) is 6.20 Å². The molecule has 0 unspecified atom stereocenters. The summed E-state index contributed by atoms with van der Waals surface area (Å²) in [4.78, 5) is 16.4. The van der Waals surface area contributed by atoms with Crippen LogP contribution in [0, 0.1) is 13.8 Å². The highest BCUT2D eigenvalue weighted by Crippen LogP contribution is 2.18. The summed E-state index contributed by atoms with van der Waals surface area (Å²) in [5.41, 5.74) is 3.72. The van der Waals surface area contributed by atoms with E-state index in [0.717, 1.165) is 26.9 Å². The van der Waals surface area contributed by atoms with Crippen molar-refractivity contribution in [3.05, 3.63) is 63.4 Å². The lowest BCUT2D eigenvalue weighted by Gasteiger charge is -2.04. The topological polar surface area (TPSA) is 30.0 Å². The maximum atomic E-state index is 12.1. The first-order valence-corrected chi connectivity index (χ1v) is 6.56. The van der Waals surface area contributed by atoms with Gasteiger partial charge in [0.25, 0.3) is 0 Å². The smallest absolute Gasteiger partial charge is 0.168 e. The molecule has 18 heavy (non-hydrogen) atoms. The Labute approximate surface area is 115 Å². The third kappa shape index (κ3) is 3.05. The van der Waals surface area contributed by atoms with E-state index in [4.69, 9.17) is 0 Å². The van der Waals surface area contributed by atoms with Gasteiger partial charge in [-0.05, 0) is 43.2 Å². The summed E-state index contributed by atoms with van der Waals surface area (Å²) in [6, 6.07) is 9.53. The Morgan fingerprint density at radius 3 is 2.61 bits per heavy atom. The molecular formula is C15H14BrNO. The van der Waals surface area contributed by atoms with Gasteiger partial charge in [-0.2, -0.15) is 0 Å². The molecule has 0 aliphatic heterocycles. The van der Waals surface area contributed by atoms with Gasteiger partial charge in [0.1, 0.15) is 0 Å². The van der Waals surface area contributed by atoms with Gasteiger partial charge in [-0.3, -0.25) is 9.78 Å². The standard InChI is InChI=1S/C15H14BrNO/c1-10-3-5-13(17-9-10)8-15(18)12-4-6-14(16)11(2)7-12/h3-7,9H,8H2,1-2H3. The molecule has 0 spiro atoms. The Morgan fingerprint density at radius 1 is 1.22 bits per heavy atom. The van der Waals surface area contributed by atoms with Crippen LogP contribution in [0.5, 0.6) is 0 Å². The van der Waals surface area contributed by atoms with Crippen LogP contribution in [0.2, 0.25) is 0 Å². The number of nitrogens with zero attached hydrogens (tertiary/aromatic N) is 1. The fraction of sp³-hybridized carbons (Fsp3) is 0.200. The monoisotopic (exact) mass is 303 g/mol. The normalized spacial score (nSPS) is 10.4. The van der Waals surface area contributed by atoms with Crippen LogP contribution in [0.4, 0.5) is 0 Å². The van der Waals surface area contributed by atoms with Gasteiger partial charge in [-0.1, -0.05) is 28.1 Å². The molecule has 1 aromatic heterocycles. The lowest BCUT2D eigenvalue weighted by molar-refractivity contribution is 0.0992. The Kier molecular flexibility index (Phi) is 3.92. The lowest BCUT2D eigenvalue weighted by atomic mass is 10.0. The molecule has 3 heteroatoms. The number of carbonyl (C=O) groups is 1. The summed E-state index contributed by atoms with van der Waals surface area (Å²) in [5.74, 6) is 0.0990. The van der Waals surface area contributed by atoms with Crippen molar-refractivity contribution in [2.75, 3.05) is 0 Å². The maximum Gasteiger partial charge on any atom is 0.168 e. The zero-order chi connectivity index (χ0) is 13.1. The molecule has 2 rings (SSSR count). The van der Waals surface area contributed by atoms with Gasteiger partial charge in [-0.25, -0.2) is 0 Å². The molecule has 1 aromatic carbocycles. The zero-order valence-electron chi connectivity index (χ0n) is 10.4. The predicted molar refractivity (Wildman–Crippen MR) is 75.9 cm³/mol. The summed E-state index contributed by atoms with van der Waals surface area (Å²) in [6.07, 6.45) is 2.14. The van der Waals surface area contributed by atoms with Crippen molar-refractivity contribution >= 4 is 21.7 Å². The molecule has 0 saturated carbocycles. The highest BCUT2D eigenvalue weighted by molar-refractivity contribution is 9.10. The van der Waals surface area contributed by atoms with Crippen molar-refractivity contribution in [1.29, 1.82) is 0 Å². The average molecular weight is 304 g/mol. The number of hydrogen-bond donors (Lipinski definition) is 0. The second kappa shape index (κ2) is 5.44. The highest BCUT2D eigenvalue weighted by atomic mass is 79.9. The van der Waals surface area contributed by atoms with Crippen LogP contribution < -0.4 is 0 Å². The van der Waals surface area contributed by atoms with Gasteiger partial charge in [-0.15, -0.1) is 0 Å². The van der Waals surface area contributed by atoms with Crippen molar-refractivity contribution in [2.24, 2.45) is 0 Å². The van der Waals surface area contributed by atoms with Gasteiger partial charge in [0.15, 0.2) is 5.78 Å². The molecule has 0 atom stereocenters. The minimum Gasteiger partial charge on any atom is -0.294 e. The van der Waals surface area contributed by atoms with Gasteiger partial charge in [0.2, 0.25) is 0 Å². The number of halogens is 1. The fourth-order valence-corrected chi connectivity index (χ4v) is 1.93. The summed E-state index contributed by atoms with van der Waals surface area (Å²) >= 11 is 3.43. The Hall–Kier alpha value is -1.48. The van der Waals surface area contributed by atoms with Crippen molar-refractivity contribution in [3.8, 4) is 0 Å². The number of Topliss-reactive ketones (excluding diaryl/α,β-unsaturated/α-hetero) is 1. The number of carbonyl (C=O) groups excluding carboxylic acids is 1. The van der Waals surface area contributed by atoms with Crippen LogP contribution >= 0.6 is 15.9 Å². The molecule has 0 fully saturated rings. The van der Waals surface area contributed by atoms with Crippen LogP contribution in [-0.2, 0) is 6.42 Å². The third-order valence-corrected chi connectivity index (χ3v) is 3.68. The van der Waals surface area contributed by atoms with Crippen molar-refractivity contribution in [1.82, 2.24) is 4.98 Å². The van der Waals surface area contributed by atoms with E-state index in [1.807, 2.05) is 44.2 Å². The third-order valence-electron chi connectivity index (χ3n) is 2.79. The van der Waals surface area contributed by atoms with Crippen molar-refractivity contribution < 1.29 is 4.79 Å². The minimum absolute atomic E-state index is 0.0990. The molecule has 0 aliphatic carbocycles. The van der Waals surface area contributed by atoms with E-state index in [9.17, 15) is 4.79 Å². The minimum atomic E-state index is 0.0990. The van der Waals surface area contributed by atoms with Crippen LogP contribution in [0.15, 0.2) is 41.0 Å². The van der Waals surface area contributed by atoms with E-state index < -0.39 is 0 Å². The van der Waals surface area contributed by atoms with Crippen LogP contribution in [0.3, 0.4) is 0 Å². The molecule has 0 bridgehead atoms. The molecule has 92 valence electrons. The molecule has 0 aliphatic rings. The molecule has 1 heterocycles. The number of aromatic nitrogens is 1.